The Morgan fingerprint density at radius 2 is 1.90 bits per heavy atom. The van der Waals surface area contributed by atoms with Crippen molar-refractivity contribution in [3.63, 3.8) is 0 Å². The van der Waals surface area contributed by atoms with Gasteiger partial charge in [-0.05, 0) is 49.2 Å². The zero-order valence-electron chi connectivity index (χ0n) is 16.0. The number of hydrogen-bond acceptors (Lipinski definition) is 5. The first kappa shape index (κ1) is 20.2. The van der Waals surface area contributed by atoms with Crippen LogP contribution in [0, 0.1) is 0 Å². The number of hydrogen-bond donors (Lipinski definition) is 2. The van der Waals surface area contributed by atoms with Crippen LogP contribution in [0.2, 0.25) is 0 Å². The van der Waals surface area contributed by atoms with Crippen LogP contribution < -0.4 is 14.8 Å². The molecule has 0 aromatic heterocycles. The first-order valence-corrected chi connectivity index (χ1v) is 9.18. The molecule has 29 heavy (non-hydrogen) atoms. The summed E-state index contributed by atoms with van der Waals surface area (Å²) in [4.78, 5) is 37.2. The number of carbonyl (C=O) groups is 3. The smallest absolute Gasteiger partial charge is 0.326 e. The van der Waals surface area contributed by atoms with Crippen LogP contribution >= 0.6 is 0 Å². The highest BCUT2D eigenvalue weighted by molar-refractivity contribution is 5.97. The van der Waals surface area contributed by atoms with E-state index in [1.54, 1.807) is 55.6 Å². The molecule has 0 aliphatic carbocycles. The van der Waals surface area contributed by atoms with Gasteiger partial charge in [0.1, 0.15) is 17.5 Å². The van der Waals surface area contributed by atoms with Crippen LogP contribution in [0.3, 0.4) is 0 Å². The Hall–Kier alpha value is -3.55. The molecule has 0 unspecified atom stereocenters. The molecule has 152 valence electrons. The molecular weight excluding hydrogens is 376 g/mol. The molecule has 0 spiro atoms. The Morgan fingerprint density at radius 3 is 2.59 bits per heavy atom. The molecular formula is C21H22N2O6. The second kappa shape index (κ2) is 9.09. The Labute approximate surface area is 168 Å². The molecule has 1 aliphatic heterocycles. The van der Waals surface area contributed by atoms with E-state index in [1.165, 1.54) is 4.90 Å². The zero-order valence-corrected chi connectivity index (χ0v) is 16.0. The highest BCUT2D eigenvalue weighted by Gasteiger charge is 2.34. The number of likely N-dealkylation sites (tertiary alicyclic amines) is 1. The summed E-state index contributed by atoms with van der Waals surface area (Å²) in [6.07, 6.45) is 1.14. The molecule has 1 saturated heterocycles. The Balaban J connectivity index is 1.54. The van der Waals surface area contributed by atoms with Gasteiger partial charge in [-0.3, -0.25) is 9.59 Å². The van der Waals surface area contributed by atoms with Crippen LogP contribution in [0.5, 0.6) is 11.5 Å². The third kappa shape index (κ3) is 5.04. The number of benzene rings is 2. The van der Waals surface area contributed by atoms with Crippen molar-refractivity contribution in [2.45, 2.75) is 18.9 Å². The summed E-state index contributed by atoms with van der Waals surface area (Å²) in [5.74, 6) is -0.583. The van der Waals surface area contributed by atoms with E-state index in [2.05, 4.69) is 5.32 Å². The lowest BCUT2D eigenvalue weighted by molar-refractivity contribution is -0.141. The topological polar surface area (TPSA) is 105 Å². The van der Waals surface area contributed by atoms with Gasteiger partial charge in [0.15, 0.2) is 6.61 Å². The summed E-state index contributed by atoms with van der Waals surface area (Å²) in [5.41, 5.74) is 0.976. The molecule has 1 heterocycles. The number of aliphatic carboxylic acids is 1. The molecule has 0 saturated carbocycles. The molecule has 0 radical (unpaired) electrons. The van der Waals surface area contributed by atoms with Crippen molar-refractivity contribution >= 4 is 23.5 Å². The quantitative estimate of drug-likeness (QED) is 0.742. The summed E-state index contributed by atoms with van der Waals surface area (Å²) in [6.45, 7) is 0.232. The average Bonchev–Trinajstić information content (AvgIpc) is 3.22. The fourth-order valence-electron chi connectivity index (χ4n) is 3.17. The molecule has 1 fully saturated rings. The van der Waals surface area contributed by atoms with Gasteiger partial charge in [-0.25, -0.2) is 4.79 Å². The molecule has 3 rings (SSSR count). The van der Waals surface area contributed by atoms with Crippen molar-refractivity contribution < 1.29 is 29.0 Å². The summed E-state index contributed by atoms with van der Waals surface area (Å²) >= 11 is 0. The predicted octanol–water partition coefficient (Wildman–Crippen LogP) is 2.40. The number of nitrogens with one attached hydrogen (secondary N) is 1. The first-order valence-electron chi connectivity index (χ1n) is 9.18. The number of ether oxygens (including phenoxy) is 2. The number of anilines is 1. The summed E-state index contributed by atoms with van der Waals surface area (Å²) in [6, 6.07) is 12.5. The maximum absolute atomic E-state index is 12.5. The van der Waals surface area contributed by atoms with Crippen LogP contribution in [0.25, 0.3) is 0 Å². The molecule has 2 amide bonds. The lowest BCUT2D eigenvalue weighted by Crippen LogP contribution is -2.40. The van der Waals surface area contributed by atoms with Gasteiger partial charge in [0.2, 0.25) is 0 Å². The Morgan fingerprint density at radius 1 is 1.14 bits per heavy atom. The normalized spacial score (nSPS) is 15.6. The lowest BCUT2D eigenvalue weighted by atomic mass is 10.1. The molecule has 2 aromatic rings. The highest BCUT2D eigenvalue weighted by atomic mass is 16.5. The van der Waals surface area contributed by atoms with Gasteiger partial charge in [-0.1, -0.05) is 6.07 Å². The fraction of sp³-hybridized carbons (Fsp3) is 0.286. The van der Waals surface area contributed by atoms with Crippen molar-refractivity contribution in [2.24, 2.45) is 0 Å². The van der Waals surface area contributed by atoms with Gasteiger partial charge in [0.05, 0.1) is 7.11 Å². The van der Waals surface area contributed by atoms with Crippen LogP contribution in [-0.4, -0.2) is 54.1 Å². The molecule has 8 nitrogen and oxygen atoms in total. The second-order valence-corrected chi connectivity index (χ2v) is 6.59. The minimum atomic E-state index is -0.988. The minimum absolute atomic E-state index is 0.197. The zero-order chi connectivity index (χ0) is 20.8. The molecule has 2 aromatic carbocycles. The van der Waals surface area contributed by atoms with Crippen molar-refractivity contribution in [3.8, 4) is 11.5 Å². The summed E-state index contributed by atoms with van der Waals surface area (Å²) in [7, 11) is 1.55. The second-order valence-electron chi connectivity index (χ2n) is 6.59. The van der Waals surface area contributed by atoms with E-state index in [4.69, 9.17) is 9.47 Å². The monoisotopic (exact) mass is 398 g/mol. The van der Waals surface area contributed by atoms with Gasteiger partial charge in [0.25, 0.3) is 11.8 Å². The van der Waals surface area contributed by atoms with E-state index in [-0.39, 0.29) is 18.4 Å². The number of amides is 2. The minimum Gasteiger partial charge on any atom is -0.497 e. The van der Waals surface area contributed by atoms with E-state index < -0.39 is 12.0 Å². The number of carboxylic acids is 1. The van der Waals surface area contributed by atoms with Gasteiger partial charge in [-0.2, -0.15) is 0 Å². The summed E-state index contributed by atoms with van der Waals surface area (Å²) in [5, 5.41) is 11.9. The summed E-state index contributed by atoms with van der Waals surface area (Å²) < 4.78 is 10.6. The molecule has 0 bridgehead atoms. The number of rotatable bonds is 7. The van der Waals surface area contributed by atoms with Crippen LogP contribution in [0.15, 0.2) is 48.5 Å². The van der Waals surface area contributed by atoms with Crippen LogP contribution in [0.4, 0.5) is 5.69 Å². The van der Waals surface area contributed by atoms with Crippen LogP contribution in [-0.2, 0) is 9.59 Å². The maximum atomic E-state index is 12.5. The van der Waals surface area contributed by atoms with Gasteiger partial charge >= 0.3 is 5.97 Å². The van der Waals surface area contributed by atoms with E-state index in [1.807, 2.05) is 0 Å². The third-order valence-electron chi connectivity index (χ3n) is 4.62. The van der Waals surface area contributed by atoms with Crippen molar-refractivity contribution in [2.75, 3.05) is 25.6 Å². The predicted molar refractivity (Wildman–Crippen MR) is 105 cm³/mol. The molecule has 2 N–H and O–H groups in total. The molecule has 1 atom stereocenters. The Bertz CT molecular complexity index is 896. The SMILES string of the molecule is COc1cccc(NC(=O)COc2ccc(C(=O)N3CCC[C@@H]3C(=O)O)cc2)c1. The largest absolute Gasteiger partial charge is 0.497 e. The van der Waals surface area contributed by atoms with E-state index in [0.29, 0.717) is 42.1 Å². The van der Waals surface area contributed by atoms with Gasteiger partial charge in [-0.15, -0.1) is 0 Å². The van der Waals surface area contributed by atoms with E-state index >= 15 is 0 Å². The van der Waals surface area contributed by atoms with Crippen molar-refractivity contribution in [1.29, 1.82) is 0 Å². The number of methoxy groups -OCH3 is 1. The van der Waals surface area contributed by atoms with Crippen LogP contribution in [0.1, 0.15) is 23.2 Å². The number of carboxylic acid groups (broad SMARTS) is 1. The lowest BCUT2D eigenvalue weighted by Gasteiger charge is -2.21. The van der Waals surface area contributed by atoms with Crippen molar-refractivity contribution in [1.82, 2.24) is 4.90 Å². The third-order valence-corrected chi connectivity index (χ3v) is 4.62. The van der Waals surface area contributed by atoms with E-state index in [9.17, 15) is 19.5 Å². The fourth-order valence-corrected chi connectivity index (χ4v) is 3.17. The first-order chi connectivity index (χ1) is 14.0. The average molecular weight is 398 g/mol. The van der Waals surface area contributed by atoms with E-state index in [0.717, 1.165) is 0 Å². The molecule has 8 heteroatoms. The maximum Gasteiger partial charge on any atom is 0.326 e. The standard InChI is InChI=1S/C21H22N2O6/c1-28-17-5-2-4-15(12-17)22-19(24)13-29-16-9-7-14(8-10-16)20(25)23-11-3-6-18(23)21(26)27/h2,4-5,7-10,12,18H,3,6,11,13H2,1H3,(H,22,24)(H,26,27)/t18-/m1/s1. The Kier molecular flexibility index (Phi) is 6.33. The number of nitrogens with zero attached hydrogens (tertiary/aromatic N) is 1. The van der Waals surface area contributed by atoms with Gasteiger partial charge in [0, 0.05) is 23.9 Å². The highest BCUT2D eigenvalue weighted by Crippen LogP contribution is 2.22. The van der Waals surface area contributed by atoms with Crippen molar-refractivity contribution in [3.05, 3.63) is 54.1 Å². The molecule has 1 aliphatic rings. The number of carbonyl (C=O) groups excluding carboxylic acids is 2. The van der Waals surface area contributed by atoms with Gasteiger partial charge < -0.3 is 24.8 Å².